The molecule has 4 N–H and O–H groups in total. The van der Waals surface area contributed by atoms with Crippen LogP contribution in [0.25, 0.3) is 0 Å². The van der Waals surface area contributed by atoms with Crippen LogP contribution in [0.15, 0.2) is 29.4 Å². The molecule has 1 aromatic carbocycles. The summed E-state index contributed by atoms with van der Waals surface area (Å²) < 4.78 is 0. The molecular weight excluding hydrogens is 297 g/mol. The first-order chi connectivity index (χ1) is 8.97. The van der Waals surface area contributed by atoms with Gasteiger partial charge in [0, 0.05) is 31.8 Å². The molecule has 2 aromatic rings. The van der Waals surface area contributed by atoms with Gasteiger partial charge >= 0.3 is 51.4 Å². The Kier molecular flexibility index (Phi) is 6.76. The van der Waals surface area contributed by atoms with Gasteiger partial charge in [-0.3, -0.25) is 0 Å². The van der Waals surface area contributed by atoms with Gasteiger partial charge in [0.2, 0.25) is 0 Å². The molecule has 0 saturated heterocycles. The number of nitrogen functional groups attached to an aromatic ring is 2. The van der Waals surface area contributed by atoms with E-state index in [4.69, 9.17) is 11.5 Å². The van der Waals surface area contributed by atoms with Gasteiger partial charge in [-0.05, 0) is 17.7 Å². The van der Waals surface area contributed by atoms with E-state index in [1.807, 2.05) is 31.1 Å². The molecule has 20 heavy (non-hydrogen) atoms. The van der Waals surface area contributed by atoms with Crippen LogP contribution in [0.3, 0.4) is 0 Å². The Labute approximate surface area is 167 Å². The first-order valence-corrected chi connectivity index (χ1v) is 6.29. The van der Waals surface area contributed by atoms with Crippen LogP contribution in [-0.4, -0.2) is 75.4 Å². The van der Waals surface area contributed by atoms with E-state index < -0.39 is 0 Å². The van der Waals surface area contributed by atoms with Crippen molar-refractivity contribution in [2.45, 2.75) is 11.6 Å². The van der Waals surface area contributed by atoms with Crippen LogP contribution in [0.2, 0.25) is 0 Å². The third-order valence-electron chi connectivity index (χ3n) is 2.89. The number of anilines is 3. The van der Waals surface area contributed by atoms with Crippen molar-refractivity contribution >= 4 is 81.3 Å². The van der Waals surface area contributed by atoms with E-state index in [1.54, 1.807) is 0 Å². The van der Waals surface area contributed by atoms with Crippen molar-refractivity contribution in [3.05, 3.63) is 35.4 Å². The number of hydrogen-bond donors (Lipinski definition) is 3. The molecule has 7 heteroatoms. The molecule has 0 aliphatic heterocycles. The third kappa shape index (κ3) is 4.34. The molecule has 0 amide bonds. The van der Waals surface area contributed by atoms with Crippen molar-refractivity contribution < 1.29 is 0 Å². The summed E-state index contributed by atoms with van der Waals surface area (Å²) in [6, 6.07) is 8.19. The van der Waals surface area contributed by atoms with Crippen LogP contribution in [0.5, 0.6) is 0 Å². The van der Waals surface area contributed by atoms with Crippen molar-refractivity contribution in [3.8, 4) is 0 Å². The number of rotatable bonds is 3. The van der Waals surface area contributed by atoms with Gasteiger partial charge in [-0.15, -0.1) is 12.6 Å². The minimum absolute atomic E-state index is 0. The van der Waals surface area contributed by atoms with E-state index in [0.29, 0.717) is 23.2 Å². The molecule has 0 fully saturated rings. The first kappa shape index (κ1) is 17.7. The van der Waals surface area contributed by atoms with Gasteiger partial charge in [0.25, 0.3) is 0 Å². The molecule has 1 aromatic heterocycles. The maximum absolute atomic E-state index is 5.86. The van der Waals surface area contributed by atoms with E-state index in [0.717, 1.165) is 16.8 Å². The van der Waals surface area contributed by atoms with Gasteiger partial charge < -0.3 is 16.4 Å². The van der Waals surface area contributed by atoms with E-state index in [2.05, 4.69) is 34.7 Å². The Morgan fingerprint density at radius 2 is 1.55 bits per heavy atom. The summed E-state index contributed by atoms with van der Waals surface area (Å²) in [7, 11) is 4.01. The fourth-order valence-corrected chi connectivity index (χ4v) is 2.02. The third-order valence-corrected chi connectivity index (χ3v) is 3.09. The topological polar surface area (TPSA) is 81.1 Å². The van der Waals surface area contributed by atoms with Crippen molar-refractivity contribution in [3.63, 3.8) is 0 Å². The Morgan fingerprint density at radius 1 is 1.05 bits per heavy atom. The second kappa shape index (κ2) is 7.63. The SMILES string of the molecule is CN(C)c1ccc(Cc2c(N)nc(S)nc2N)cc1.[KH]. The monoisotopic (exact) mass is 315 g/mol. The molecule has 0 atom stereocenters. The summed E-state index contributed by atoms with van der Waals surface area (Å²) in [5.74, 6) is 0.767. The van der Waals surface area contributed by atoms with Gasteiger partial charge in [0.15, 0.2) is 5.16 Å². The van der Waals surface area contributed by atoms with Crippen molar-refractivity contribution in [1.82, 2.24) is 9.97 Å². The average Bonchev–Trinajstić information content (AvgIpc) is 2.34. The van der Waals surface area contributed by atoms with Gasteiger partial charge in [0.05, 0.1) is 0 Å². The summed E-state index contributed by atoms with van der Waals surface area (Å²) >= 11 is 4.05. The summed E-state index contributed by atoms with van der Waals surface area (Å²) in [6.07, 6.45) is 0.611. The van der Waals surface area contributed by atoms with Crippen LogP contribution < -0.4 is 16.4 Å². The molecule has 0 spiro atoms. The van der Waals surface area contributed by atoms with Crippen molar-refractivity contribution in [1.29, 1.82) is 0 Å². The quantitative estimate of drug-likeness (QED) is 0.446. The van der Waals surface area contributed by atoms with Gasteiger partial charge in [-0.25, -0.2) is 9.97 Å². The molecule has 5 nitrogen and oxygen atoms in total. The Morgan fingerprint density at radius 3 is 2.00 bits per heavy atom. The molecule has 0 aliphatic rings. The average molecular weight is 315 g/mol. The zero-order chi connectivity index (χ0) is 14.0. The molecule has 0 bridgehead atoms. The number of nitrogens with two attached hydrogens (primary N) is 2. The van der Waals surface area contributed by atoms with Gasteiger partial charge in [-0.1, -0.05) is 12.1 Å². The second-order valence-corrected chi connectivity index (χ2v) is 4.91. The molecule has 0 saturated carbocycles. The number of aromatic nitrogens is 2. The predicted molar refractivity (Wildman–Crippen MR) is 88.8 cm³/mol. The van der Waals surface area contributed by atoms with Crippen molar-refractivity contribution in [2.75, 3.05) is 30.5 Å². The molecule has 102 valence electrons. The van der Waals surface area contributed by atoms with E-state index in [1.165, 1.54) is 0 Å². The Bertz CT molecular complexity index is 563. The number of hydrogen-bond acceptors (Lipinski definition) is 6. The fraction of sp³-hybridized carbons (Fsp3) is 0.231. The maximum atomic E-state index is 5.86. The molecule has 0 unspecified atom stereocenters. The zero-order valence-corrected chi connectivity index (χ0v) is 11.9. The van der Waals surface area contributed by atoms with Gasteiger partial charge in [0.1, 0.15) is 11.6 Å². The van der Waals surface area contributed by atoms with E-state index in [9.17, 15) is 0 Å². The Balaban J connectivity index is 0.00000200. The summed E-state index contributed by atoms with van der Waals surface area (Å²) in [5.41, 5.74) is 14.7. The molecule has 0 radical (unpaired) electrons. The number of benzene rings is 1. The summed E-state index contributed by atoms with van der Waals surface area (Å²) in [4.78, 5) is 10.1. The normalized spacial score (nSPS) is 9.95. The van der Waals surface area contributed by atoms with Gasteiger partial charge in [-0.2, -0.15) is 0 Å². The van der Waals surface area contributed by atoms with Crippen LogP contribution in [0.4, 0.5) is 17.3 Å². The predicted octanol–water partition coefficient (Wildman–Crippen LogP) is 0.938. The minimum atomic E-state index is 0. The summed E-state index contributed by atoms with van der Waals surface area (Å²) in [6.45, 7) is 0. The van der Waals surface area contributed by atoms with Crippen LogP contribution in [0.1, 0.15) is 11.1 Å². The standard InChI is InChI=1S/C13H17N5S.K.H/c1-18(2)9-5-3-8(4-6-9)7-10-11(14)16-13(19)17-12(10)15;;/h3-6H,7H2,1-2H3,(H5,14,15,16,17,19);;. The van der Waals surface area contributed by atoms with E-state index in [-0.39, 0.29) is 51.4 Å². The number of thiol groups is 1. The fourth-order valence-electron chi connectivity index (χ4n) is 1.80. The molecule has 1 heterocycles. The van der Waals surface area contributed by atoms with Crippen LogP contribution in [0, 0.1) is 0 Å². The van der Waals surface area contributed by atoms with Crippen LogP contribution >= 0.6 is 12.6 Å². The first-order valence-electron chi connectivity index (χ1n) is 5.84. The molecular formula is C13H18KN5S. The summed E-state index contributed by atoms with van der Waals surface area (Å²) in [5, 5.41) is 0.293. The molecule has 2 rings (SSSR count). The van der Waals surface area contributed by atoms with Crippen molar-refractivity contribution in [2.24, 2.45) is 0 Å². The Hall–Kier alpha value is -0.314. The van der Waals surface area contributed by atoms with E-state index >= 15 is 0 Å². The zero-order valence-electron chi connectivity index (χ0n) is 11.0. The second-order valence-electron chi connectivity index (χ2n) is 4.51. The number of nitrogens with zero attached hydrogens (tertiary/aromatic N) is 3. The van der Waals surface area contributed by atoms with Crippen LogP contribution in [-0.2, 0) is 6.42 Å². The molecule has 0 aliphatic carbocycles.